The van der Waals surface area contributed by atoms with Crippen molar-refractivity contribution >= 4 is 11.6 Å². The Morgan fingerprint density at radius 1 is 1.05 bits per heavy atom. The van der Waals surface area contributed by atoms with E-state index in [0.29, 0.717) is 37.5 Å². The number of benzene rings is 2. The number of halogens is 3. The number of hydrogen-bond acceptors (Lipinski definition) is 6. The molecule has 5 rings (SSSR count). The highest BCUT2D eigenvalue weighted by molar-refractivity contribution is 6.00. The van der Waals surface area contributed by atoms with E-state index in [1.54, 1.807) is 36.3 Å². The van der Waals surface area contributed by atoms with Crippen molar-refractivity contribution in [2.45, 2.75) is 32.6 Å². The second-order valence-electron chi connectivity index (χ2n) is 9.85. The molecule has 1 aliphatic heterocycles. The van der Waals surface area contributed by atoms with E-state index in [1.165, 1.54) is 20.2 Å². The van der Waals surface area contributed by atoms with Gasteiger partial charge < -0.3 is 14.4 Å². The summed E-state index contributed by atoms with van der Waals surface area (Å²) < 4.78 is 54.2. The van der Waals surface area contributed by atoms with Crippen LogP contribution in [0.25, 0.3) is 16.9 Å². The van der Waals surface area contributed by atoms with Gasteiger partial charge in [-0.1, -0.05) is 18.2 Å². The topological polar surface area (TPSA) is 72.2 Å². The SMILES string of the molecule is COc1ccc(-c2nc3c(C(=O)N4CCN(Cc5ccccc5OC)C[C@H]4C)cnn3c(C(F)(F)F)c2C)cc1. The molecule has 0 spiro atoms. The molecule has 0 aliphatic carbocycles. The second kappa shape index (κ2) is 10.8. The van der Waals surface area contributed by atoms with Gasteiger partial charge in [0.25, 0.3) is 5.91 Å². The number of hydrogen-bond donors (Lipinski definition) is 0. The molecule has 8 nitrogen and oxygen atoms in total. The first kappa shape index (κ1) is 27.4. The number of alkyl halides is 3. The fraction of sp³-hybridized carbons (Fsp3) is 0.345. The van der Waals surface area contributed by atoms with Gasteiger partial charge in [0.05, 0.1) is 26.1 Å². The van der Waals surface area contributed by atoms with Crippen LogP contribution in [0.3, 0.4) is 0 Å². The Morgan fingerprint density at radius 2 is 1.77 bits per heavy atom. The third-order valence-electron chi connectivity index (χ3n) is 7.31. The number of nitrogens with zero attached hydrogens (tertiary/aromatic N) is 5. The number of methoxy groups -OCH3 is 2. The van der Waals surface area contributed by atoms with Crippen LogP contribution in [0.5, 0.6) is 11.5 Å². The Balaban J connectivity index is 1.47. The second-order valence-corrected chi connectivity index (χ2v) is 9.85. The van der Waals surface area contributed by atoms with E-state index >= 15 is 0 Å². The van der Waals surface area contributed by atoms with Gasteiger partial charge in [-0.2, -0.15) is 18.3 Å². The van der Waals surface area contributed by atoms with Crippen LogP contribution in [0.4, 0.5) is 13.2 Å². The van der Waals surface area contributed by atoms with Gasteiger partial charge in [-0.3, -0.25) is 9.69 Å². The Bertz CT molecular complexity index is 1530. The lowest BCUT2D eigenvalue weighted by molar-refractivity contribution is -0.143. The van der Waals surface area contributed by atoms with Gasteiger partial charge in [-0.05, 0) is 44.2 Å². The van der Waals surface area contributed by atoms with E-state index in [2.05, 4.69) is 15.0 Å². The van der Waals surface area contributed by atoms with Gasteiger partial charge in [0, 0.05) is 48.9 Å². The fourth-order valence-corrected chi connectivity index (χ4v) is 5.30. The van der Waals surface area contributed by atoms with Gasteiger partial charge >= 0.3 is 6.18 Å². The van der Waals surface area contributed by atoms with Crippen LogP contribution in [0, 0.1) is 6.92 Å². The van der Waals surface area contributed by atoms with Crippen LogP contribution in [0.1, 0.15) is 34.1 Å². The highest BCUT2D eigenvalue weighted by Gasteiger charge is 2.39. The predicted octanol–water partition coefficient (Wildman–Crippen LogP) is 5.09. The zero-order valence-corrected chi connectivity index (χ0v) is 22.7. The fourth-order valence-electron chi connectivity index (χ4n) is 5.30. The molecule has 11 heteroatoms. The quantitative estimate of drug-likeness (QED) is 0.332. The van der Waals surface area contributed by atoms with Crippen molar-refractivity contribution in [1.29, 1.82) is 0 Å². The number of ether oxygens (including phenoxy) is 2. The Kier molecular flexibility index (Phi) is 7.41. The molecule has 0 bridgehead atoms. The van der Waals surface area contributed by atoms with Crippen LogP contribution >= 0.6 is 0 Å². The molecule has 1 fully saturated rings. The Hall–Kier alpha value is -4.12. The Morgan fingerprint density at radius 3 is 2.42 bits per heavy atom. The molecule has 0 radical (unpaired) electrons. The maximum absolute atomic E-state index is 14.3. The van der Waals surface area contributed by atoms with Crippen molar-refractivity contribution in [3.8, 4) is 22.8 Å². The average molecular weight is 554 g/mol. The summed E-state index contributed by atoms with van der Waals surface area (Å²) in [6.07, 6.45) is -3.53. The molecule has 2 aromatic carbocycles. The van der Waals surface area contributed by atoms with Crippen molar-refractivity contribution in [2.24, 2.45) is 0 Å². The summed E-state index contributed by atoms with van der Waals surface area (Å²) in [7, 11) is 3.14. The van der Waals surface area contributed by atoms with Gasteiger partial charge in [0.15, 0.2) is 11.3 Å². The number of amides is 1. The summed E-state index contributed by atoms with van der Waals surface area (Å²) in [5, 5.41) is 3.98. The number of carbonyl (C=O) groups excluding carboxylic acids is 1. The molecule has 1 aliphatic rings. The summed E-state index contributed by atoms with van der Waals surface area (Å²) in [5.74, 6) is 0.969. The minimum Gasteiger partial charge on any atom is -0.497 e. The summed E-state index contributed by atoms with van der Waals surface area (Å²) in [4.78, 5) is 22.2. The molecule has 40 heavy (non-hydrogen) atoms. The van der Waals surface area contributed by atoms with Crippen molar-refractivity contribution in [3.63, 3.8) is 0 Å². The lowest BCUT2D eigenvalue weighted by Crippen LogP contribution is -2.53. The van der Waals surface area contributed by atoms with Crippen LogP contribution in [-0.4, -0.2) is 70.2 Å². The van der Waals surface area contributed by atoms with E-state index in [1.807, 2.05) is 31.2 Å². The molecule has 4 aromatic rings. The normalized spacial score (nSPS) is 16.4. The van der Waals surface area contributed by atoms with E-state index in [-0.39, 0.29) is 28.5 Å². The number of piperazine rings is 1. The highest BCUT2D eigenvalue weighted by Crippen LogP contribution is 2.37. The first-order valence-electron chi connectivity index (χ1n) is 12.9. The Labute approximate surface area is 229 Å². The van der Waals surface area contributed by atoms with Crippen molar-refractivity contribution < 1.29 is 27.4 Å². The molecule has 0 N–H and O–H groups in total. The molecule has 1 atom stereocenters. The van der Waals surface area contributed by atoms with Gasteiger partial charge in [0.2, 0.25) is 0 Å². The third-order valence-corrected chi connectivity index (χ3v) is 7.31. The standard InChI is InChI=1S/C29H30F3N5O3/c1-18-16-35(17-21-7-5-6-8-24(21)40-4)13-14-36(18)28(38)23-15-33-37-26(29(30,31)32)19(2)25(34-27(23)37)20-9-11-22(39-3)12-10-20/h5-12,15,18H,13-14,16-17H2,1-4H3/t18-/m1/s1. The molecule has 3 heterocycles. The molecule has 2 aromatic heterocycles. The number of para-hydroxylation sites is 1. The summed E-state index contributed by atoms with van der Waals surface area (Å²) in [6.45, 7) is 5.57. The van der Waals surface area contributed by atoms with Crippen molar-refractivity contribution in [2.75, 3.05) is 33.9 Å². The molecule has 0 unspecified atom stereocenters. The first-order chi connectivity index (χ1) is 19.1. The lowest BCUT2D eigenvalue weighted by Gasteiger charge is -2.40. The zero-order valence-electron chi connectivity index (χ0n) is 22.7. The van der Waals surface area contributed by atoms with Crippen molar-refractivity contribution in [1.82, 2.24) is 24.4 Å². The zero-order chi connectivity index (χ0) is 28.6. The lowest BCUT2D eigenvalue weighted by atomic mass is 10.0. The van der Waals surface area contributed by atoms with E-state index in [9.17, 15) is 18.0 Å². The first-order valence-corrected chi connectivity index (χ1v) is 12.9. The van der Waals surface area contributed by atoms with Crippen molar-refractivity contribution in [3.05, 3.63) is 77.1 Å². The highest BCUT2D eigenvalue weighted by atomic mass is 19.4. The largest absolute Gasteiger partial charge is 0.497 e. The number of aromatic nitrogens is 3. The van der Waals surface area contributed by atoms with Gasteiger partial charge in [0.1, 0.15) is 17.1 Å². The summed E-state index contributed by atoms with van der Waals surface area (Å²) >= 11 is 0. The number of fused-ring (bicyclic) bond motifs is 1. The molecular weight excluding hydrogens is 523 g/mol. The molecule has 1 saturated heterocycles. The van der Waals surface area contributed by atoms with Crippen LogP contribution in [0.2, 0.25) is 0 Å². The van der Waals surface area contributed by atoms with E-state index in [0.717, 1.165) is 15.8 Å². The van der Waals surface area contributed by atoms with Crippen LogP contribution in [-0.2, 0) is 12.7 Å². The maximum atomic E-state index is 14.3. The van der Waals surface area contributed by atoms with Crippen LogP contribution in [0.15, 0.2) is 54.7 Å². The monoisotopic (exact) mass is 553 g/mol. The summed E-state index contributed by atoms with van der Waals surface area (Å²) in [6, 6.07) is 14.2. The van der Waals surface area contributed by atoms with E-state index in [4.69, 9.17) is 9.47 Å². The maximum Gasteiger partial charge on any atom is 0.433 e. The average Bonchev–Trinajstić information content (AvgIpc) is 3.35. The van der Waals surface area contributed by atoms with Crippen LogP contribution < -0.4 is 9.47 Å². The minimum absolute atomic E-state index is 0.0327. The smallest absolute Gasteiger partial charge is 0.433 e. The minimum atomic E-state index is -4.71. The third kappa shape index (κ3) is 5.08. The summed E-state index contributed by atoms with van der Waals surface area (Å²) in [5.41, 5.74) is 0.520. The number of carbonyl (C=O) groups is 1. The molecule has 0 saturated carbocycles. The van der Waals surface area contributed by atoms with E-state index < -0.39 is 17.8 Å². The molecular formula is C29H30F3N5O3. The molecule has 1 amide bonds. The van der Waals surface area contributed by atoms with Gasteiger partial charge in [-0.15, -0.1) is 0 Å². The predicted molar refractivity (Wildman–Crippen MR) is 143 cm³/mol. The molecule has 210 valence electrons. The van der Waals surface area contributed by atoms with Gasteiger partial charge in [-0.25, -0.2) is 9.50 Å². The number of rotatable bonds is 6.